The van der Waals surface area contributed by atoms with Crippen molar-refractivity contribution in [2.75, 3.05) is 0 Å². The molecule has 1 heterocycles. The second-order valence-electron chi connectivity index (χ2n) is 3.19. The van der Waals surface area contributed by atoms with Gasteiger partial charge in [0.1, 0.15) is 17.3 Å². The van der Waals surface area contributed by atoms with Crippen LogP contribution in [0.25, 0.3) is 11.0 Å². The Morgan fingerprint density at radius 3 is 2.75 bits per heavy atom. The second kappa shape index (κ2) is 3.70. The molecule has 0 aliphatic carbocycles. The Morgan fingerprint density at radius 1 is 1.50 bits per heavy atom. The minimum atomic E-state index is -3.86. The monoisotopic (exact) mass is 261 g/mol. The van der Waals surface area contributed by atoms with E-state index in [1.165, 1.54) is 12.1 Å². The third-order valence-electron chi connectivity index (χ3n) is 2.04. The van der Waals surface area contributed by atoms with E-state index in [1.807, 2.05) is 0 Å². The largest absolute Gasteiger partial charge is 0.388 e. The molecular weight excluding hydrogens is 254 g/mol. The van der Waals surface area contributed by atoms with Crippen LogP contribution in [0, 0.1) is 0 Å². The fourth-order valence-electron chi connectivity index (χ4n) is 1.36. The Morgan fingerprint density at radius 2 is 2.19 bits per heavy atom. The maximum absolute atomic E-state index is 11.2. The number of sulfonamides is 1. The van der Waals surface area contributed by atoms with E-state index >= 15 is 0 Å². The molecular formula is C8H8ClN3O3S. The first-order chi connectivity index (χ1) is 7.41. The van der Waals surface area contributed by atoms with Crippen molar-refractivity contribution < 1.29 is 13.5 Å². The van der Waals surface area contributed by atoms with Gasteiger partial charge in [0.25, 0.3) is 0 Å². The highest BCUT2D eigenvalue weighted by molar-refractivity contribution is 7.89. The molecule has 86 valence electrons. The number of benzene rings is 1. The first-order valence-corrected chi connectivity index (χ1v) is 6.16. The zero-order valence-corrected chi connectivity index (χ0v) is 9.51. The van der Waals surface area contributed by atoms with Crippen LogP contribution in [0.2, 0.25) is 5.02 Å². The van der Waals surface area contributed by atoms with E-state index in [1.54, 1.807) is 0 Å². The minimum absolute atomic E-state index is 0.00555. The van der Waals surface area contributed by atoms with Gasteiger partial charge in [-0.15, -0.1) is 0 Å². The molecule has 0 bridgehead atoms. The molecule has 0 spiro atoms. The molecule has 16 heavy (non-hydrogen) atoms. The lowest BCUT2D eigenvalue weighted by Gasteiger charge is -2.00. The Labute approximate surface area is 96.1 Å². The number of aromatic amines is 1. The number of imidazole rings is 1. The SMILES string of the molecule is NS(=O)(=O)c1cc2[nH]c(CO)nc2cc1Cl. The van der Waals surface area contributed by atoms with E-state index in [0.29, 0.717) is 16.9 Å². The topological polar surface area (TPSA) is 109 Å². The van der Waals surface area contributed by atoms with Crippen LogP contribution in [0.3, 0.4) is 0 Å². The second-order valence-corrected chi connectivity index (χ2v) is 5.12. The lowest BCUT2D eigenvalue weighted by atomic mass is 10.3. The summed E-state index contributed by atoms with van der Waals surface area (Å²) in [6, 6.07) is 2.67. The van der Waals surface area contributed by atoms with Gasteiger partial charge in [-0.2, -0.15) is 0 Å². The van der Waals surface area contributed by atoms with E-state index < -0.39 is 10.0 Å². The maximum atomic E-state index is 11.2. The Hall–Kier alpha value is -1.15. The summed E-state index contributed by atoms with van der Waals surface area (Å²) >= 11 is 5.76. The highest BCUT2D eigenvalue weighted by atomic mass is 35.5. The standard InChI is InChI=1S/C8H8ClN3O3S/c9-4-1-5-6(12-8(3-13)11-5)2-7(4)16(10,14)15/h1-2,13H,3H2,(H,11,12)(H2,10,14,15). The van der Waals surface area contributed by atoms with Gasteiger partial charge in [0.05, 0.1) is 16.1 Å². The average molecular weight is 262 g/mol. The molecule has 1 aromatic heterocycles. The predicted molar refractivity (Wildman–Crippen MR) is 58.4 cm³/mol. The summed E-state index contributed by atoms with van der Waals surface area (Å²) in [4.78, 5) is 6.56. The van der Waals surface area contributed by atoms with Gasteiger partial charge in [-0.3, -0.25) is 0 Å². The van der Waals surface area contributed by atoms with Crippen molar-refractivity contribution in [3.63, 3.8) is 0 Å². The summed E-state index contributed by atoms with van der Waals surface area (Å²) in [5.74, 6) is 0.331. The molecule has 2 aromatic rings. The van der Waals surface area contributed by atoms with Crippen LogP contribution in [0.4, 0.5) is 0 Å². The van der Waals surface area contributed by atoms with Crippen LogP contribution < -0.4 is 5.14 Å². The van der Waals surface area contributed by atoms with Crippen LogP contribution in [-0.2, 0) is 16.6 Å². The third-order valence-corrected chi connectivity index (χ3v) is 3.42. The van der Waals surface area contributed by atoms with Gasteiger partial charge in [0.15, 0.2) is 0 Å². The summed E-state index contributed by atoms with van der Waals surface area (Å²) in [7, 11) is -3.86. The van der Waals surface area contributed by atoms with Gasteiger partial charge in [-0.25, -0.2) is 18.5 Å². The number of nitrogens with one attached hydrogen (secondary N) is 1. The quantitative estimate of drug-likeness (QED) is 0.725. The molecule has 0 saturated heterocycles. The van der Waals surface area contributed by atoms with Gasteiger partial charge < -0.3 is 10.1 Å². The van der Waals surface area contributed by atoms with Crippen molar-refractivity contribution in [3.05, 3.63) is 23.0 Å². The smallest absolute Gasteiger partial charge is 0.239 e. The highest BCUT2D eigenvalue weighted by Gasteiger charge is 2.15. The zero-order chi connectivity index (χ0) is 11.9. The van der Waals surface area contributed by atoms with Gasteiger partial charge in [-0.05, 0) is 12.1 Å². The normalized spacial score (nSPS) is 12.2. The number of aromatic nitrogens is 2. The van der Waals surface area contributed by atoms with Crippen molar-refractivity contribution in [2.45, 2.75) is 11.5 Å². The van der Waals surface area contributed by atoms with Crippen molar-refractivity contribution in [1.29, 1.82) is 0 Å². The lowest BCUT2D eigenvalue weighted by molar-refractivity contribution is 0.273. The molecule has 0 atom stereocenters. The van der Waals surface area contributed by atoms with Gasteiger partial charge >= 0.3 is 0 Å². The van der Waals surface area contributed by atoms with Gasteiger partial charge in [0, 0.05) is 0 Å². The molecule has 4 N–H and O–H groups in total. The molecule has 2 rings (SSSR count). The number of aliphatic hydroxyl groups is 1. The zero-order valence-electron chi connectivity index (χ0n) is 7.94. The lowest BCUT2D eigenvalue weighted by Crippen LogP contribution is -2.12. The van der Waals surface area contributed by atoms with E-state index in [4.69, 9.17) is 21.8 Å². The Balaban J connectivity index is 2.75. The summed E-state index contributed by atoms with van der Waals surface area (Å²) in [6.07, 6.45) is 0. The molecule has 0 saturated carbocycles. The molecule has 0 aliphatic heterocycles. The van der Waals surface area contributed by atoms with Crippen molar-refractivity contribution in [3.8, 4) is 0 Å². The number of hydrogen-bond donors (Lipinski definition) is 3. The third kappa shape index (κ3) is 1.90. The van der Waals surface area contributed by atoms with Gasteiger partial charge in [0.2, 0.25) is 10.0 Å². The number of nitrogens with zero attached hydrogens (tertiary/aromatic N) is 1. The molecule has 1 aromatic carbocycles. The molecule has 0 unspecified atom stereocenters. The average Bonchev–Trinajstić information content (AvgIpc) is 2.56. The maximum Gasteiger partial charge on any atom is 0.239 e. The van der Waals surface area contributed by atoms with Crippen LogP contribution in [-0.4, -0.2) is 23.5 Å². The number of nitrogens with two attached hydrogens (primary N) is 1. The summed E-state index contributed by atoms with van der Waals surface area (Å²) in [5.41, 5.74) is 0.930. The summed E-state index contributed by atoms with van der Waals surface area (Å²) < 4.78 is 22.4. The Kier molecular flexibility index (Phi) is 2.62. The number of primary sulfonamides is 1. The van der Waals surface area contributed by atoms with Crippen molar-refractivity contribution >= 4 is 32.7 Å². The summed E-state index contributed by atoms with van der Waals surface area (Å²) in [5, 5.41) is 13.9. The highest BCUT2D eigenvalue weighted by Crippen LogP contribution is 2.25. The predicted octanol–water partition coefficient (Wildman–Crippen LogP) is 0.356. The molecule has 0 amide bonds. The molecule has 0 aliphatic rings. The summed E-state index contributed by atoms with van der Waals surface area (Å²) in [6.45, 7) is -0.267. The van der Waals surface area contributed by atoms with Gasteiger partial charge in [-0.1, -0.05) is 11.6 Å². The van der Waals surface area contributed by atoms with E-state index in [9.17, 15) is 8.42 Å². The first kappa shape index (κ1) is 11.3. The molecule has 8 heteroatoms. The number of aliphatic hydroxyl groups excluding tert-OH is 1. The van der Waals surface area contributed by atoms with Crippen molar-refractivity contribution in [1.82, 2.24) is 9.97 Å². The van der Waals surface area contributed by atoms with E-state index in [-0.39, 0.29) is 16.5 Å². The van der Waals surface area contributed by atoms with Crippen LogP contribution in [0.15, 0.2) is 17.0 Å². The van der Waals surface area contributed by atoms with Crippen molar-refractivity contribution in [2.24, 2.45) is 5.14 Å². The fourth-order valence-corrected chi connectivity index (χ4v) is 2.45. The Bertz CT molecular complexity index is 650. The molecule has 6 nitrogen and oxygen atoms in total. The van der Waals surface area contributed by atoms with E-state index in [0.717, 1.165) is 0 Å². The fraction of sp³-hybridized carbons (Fsp3) is 0.125. The van der Waals surface area contributed by atoms with E-state index in [2.05, 4.69) is 9.97 Å². The number of hydrogen-bond acceptors (Lipinski definition) is 4. The first-order valence-electron chi connectivity index (χ1n) is 4.23. The number of halogens is 1. The van der Waals surface area contributed by atoms with Crippen LogP contribution in [0.1, 0.15) is 5.82 Å². The molecule has 0 fully saturated rings. The molecule has 0 radical (unpaired) electrons. The number of fused-ring (bicyclic) bond motifs is 1. The van der Waals surface area contributed by atoms with Crippen LogP contribution >= 0.6 is 11.6 Å². The number of rotatable bonds is 2. The number of H-pyrrole nitrogens is 1. The minimum Gasteiger partial charge on any atom is -0.388 e. The van der Waals surface area contributed by atoms with Crippen LogP contribution in [0.5, 0.6) is 0 Å².